The van der Waals surface area contributed by atoms with Gasteiger partial charge in [0.05, 0.1) is 11.6 Å². The van der Waals surface area contributed by atoms with Crippen molar-refractivity contribution in [3.63, 3.8) is 0 Å². The van der Waals surface area contributed by atoms with Crippen LogP contribution in [0.1, 0.15) is 36.8 Å². The van der Waals surface area contributed by atoms with Crippen molar-refractivity contribution in [2.45, 2.75) is 33.7 Å². The molecule has 0 saturated heterocycles. The van der Waals surface area contributed by atoms with E-state index in [4.69, 9.17) is 5.73 Å². The molecule has 1 aromatic heterocycles. The van der Waals surface area contributed by atoms with Crippen molar-refractivity contribution in [2.75, 3.05) is 0 Å². The summed E-state index contributed by atoms with van der Waals surface area (Å²) in [7, 11) is 0. The molecule has 0 aliphatic carbocycles. The Bertz CT molecular complexity index is 626. The maximum atomic E-state index is 12.4. The van der Waals surface area contributed by atoms with Crippen molar-refractivity contribution in [1.82, 2.24) is 4.98 Å². The molecule has 19 heavy (non-hydrogen) atoms. The minimum atomic E-state index is -0.497. The molecule has 0 fully saturated rings. The summed E-state index contributed by atoms with van der Waals surface area (Å²) in [6, 6.07) is 8.99. The average Bonchev–Trinajstić information content (AvgIpc) is 2.35. The fraction of sp³-hybridized carbons (Fsp3) is 0.375. The molecule has 2 rings (SSSR count). The minimum Gasteiger partial charge on any atom is -0.321 e. The Morgan fingerprint density at radius 2 is 1.89 bits per heavy atom. The summed E-state index contributed by atoms with van der Waals surface area (Å²) < 4.78 is 0. The molecule has 0 spiro atoms. The van der Waals surface area contributed by atoms with Gasteiger partial charge in [-0.25, -0.2) is 0 Å². The molecule has 2 aromatic rings. The van der Waals surface area contributed by atoms with Crippen LogP contribution in [-0.4, -0.2) is 16.8 Å². The topological polar surface area (TPSA) is 56.0 Å². The summed E-state index contributed by atoms with van der Waals surface area (Å²) in [4.78, 5) is 16.8. The minimum absolute atomic E-state index is 0.0185. The number of pyridine rings is 1. The predicted octanol–water partition coefficient (Wildman–Crippen LogP) is 3.10. The van der Waals surface area contributed by atoms with E-state index in [9.17, 15) is 4.79 Å². The number of hydrogen-bond acceptors (Lipinski definition) is 3. The molecular formula is C16H20N2O. The Kier molecular flexibility index (Phi) is 3.42. The molecule has 3 nitrogen and oxygen atoms in total. The second-order valence-electron chi connectivity index (χ2n) is 6.07. The molecule has 2 N–H and O–H groups in total. The van der Waals surface area contributed by atoms with E-state index in [1.807, 2.05) is 58.0 Å². The highest BCUT2D eigenvalue weighted by Crippen LogP contribution is 2.22. The molecule has 0 aliphatic heterocycles. The maximum absolute atomic E-state index is 12.4. The number of Topliss-reactive ketones (excluding diaryl/α,β-unsaturated/α-hetero) is 1. The van der Waals surface area contributed by atoms with Crippen LogP contribution in [0.15, 0.2) is 30.3 Å². The first-order valence-electron chi connectivity index (χ1n) is 6.46. The Morgan fingerprint density at radius 1 is 1.21 bits per heavy atom. The number of nitrogens with two attached hydrogens (primary N) is 1. The van der Waals surface area contributed by atoms with E-state index in [2.05, 4.69) is 4.98 Å². The first kappa shape index (κ1) is 13.7. The Balaban J connectivity index is 2.41. The van der Waals surface area contributed by atoms with E-state index in [0.29, 0.717) is 5.56 Å². The second kappa shape index (κ2) is 4.74. The van der Waals surface area contributed by atoms with Crippen LogP contribution in [-0.2, 0) is 0 Å². The number of aromatic nitrogens is 1. The Hall–Kier alpha value is -1.74. The standard InChI is InChI=1S/C16H20N2O/c1-10-5-6-11-9-12(7-8-13(11)18-10)14(19)15(17)16(2,3)4/h5-9,15H,17H2,1-4H3. The van der Waals surface area contributed by atoms with Crippen molar-refractivity contribution in [3.8, 4) is 0 Å². The fourth-order valence-corrected chi connectivity index (χ4v) is 1.95. The molecule has 0 saturated carbocycles. The lowest BCUT2D eigenvalue weighted by molar-refractivity contribution is 0.0901. The summed E-state index contributed by atoms with van der Waals surface area (Å²) in [5.41, 5.74) is 8.32. The first-order valence-corrected chi connectivity index (χ1v) is 6.46. The summed E-state index contributed by atoms with van der Waals surface area (Å²) in [6.07, 6.45) is 0. The van der Waals surface area contributed by atoms with E-state index >= 15 is 0 Å². The van der Waals surface area contributed by atoms with Gasteiger partial charge in [0.1, 0.15) is 0 Å². The number of ketones is 1. The van der Waals surface area contributed by atoms with Crippen molar-refractivity contribution in [1.29, 1.82) is 0 Å². The third-order valence-electron chi connectivity index (χ3n) is 3.33. The lowest BCUT2D eigenvalue weighted by atomic mass is 9.83. The van der Waals surface area contributed by atoms with Crippen molar-refractivity contribution in [2.24, 2.45) is 11.1 Å². The van der Waals surface area contributed by atoms with E-state index in [0.717, 1.165) is 16.6 Å². The van der Waals surface area contributed by atoms with Crippen molar-refractivity contribution >= 4 is 16.7 Å². The Labute approximate surface area is 113 Å². The second-order valence-corrected chi connectivity index (χ2v) is 6.07. The summed E-state index contributed by atoms with van der Waals surface area (Å²) in [5, 5.41) is 0.970. The monoisotopic (exact) mass is 256 g/mol. The highest BCUT2D eigenvalue weighted by atomic mass is 16.1. The number of aryl methyl sites for hydroxylation is 1. The van der Waals surface area contributed by atoms with Gasteiger partial charge in [-0.05, 0) is 36.6 Å². The smallest absolute Gasteiger partial charge is 0.180 e. The van der Waals surface area contributed by atoms with Gasteiger partial charge in [0.2, 0.25) is 0 Å². The molecule has 0 radical (unpaired) electrons. The lowest BCUT2D eigenvalue weighted by Crippen LogP contribution is -2.42. The first-order chi connectivity index (χ1) is 8.79. The SMILES string of the molecule is Cc1ccc2cc(C(=O)C(N)C(C)(C)C)ccc2n1. The van der Waals surface area contributed by atoms with Crippen LogP contribution in [0.3, 0.4) is 0 Å². The van der Waals surface area contributed by atoms with Gasteiger partial charge in [-0.1, -0.05) is 26.8 Å². The lowest BCUT2D eigenvalue weighted by Gasteiger charge is -2.25. The predicted molar refractivity (Wildman–Crippen MR) is 78.2 cm³/mol. The van der Waals surface area contributed by atoms with Crippen molar-refractivity contribution < 1.29 is 4.79 Å². The van der Waals surface area contributed by atoms with Crippen molar-refractivity contribution in [3.05, 3.63) is 41.6 Å². The molecule has 1 heterocycles. The van der Waals surface area contributed by atoms with Gasteiger partial charge in [-0.3, -0.25) is 9.78 Å². The van der Waals surface area contributed by atoms with E-state index in [-0.39, 0.29) is 11.2 Å². The van der Waals surface area contributed by atoms with E-state index < -0.39 is 6.04 Å². The number of nitrogens with zero attached hydrogens (tertiary/aromatic N) is 1. The third kappa shape index (κ3) is 2.82. The molecule has 3 heteroatoms. The number of carbonyl (C=O) groups is 1. The Morgan fingerprint density at radius 3 is 2.53 bits per heavy atom. The molecule has 0 bridgehead atoms. The molecule has 0 aliphatic rings. The summed E-state index contributed by atoms with van der Waals surface area (Å²) >= 11 is 0. The number of benzene rings is 1. The quantitative estimate of drug-likeness (QED) is 0.840. The van der Waals surface area contributed by atoms with E-state index in [1.165, 1.54) is 0 Å². The normalized spacial score (nSPS) is 13.5. The molecule has 100 valence electrons. The van der Waals surface area contributed by atoms with Crippen LogP contribution in [0.5, 0.6) is 0 Å². The highest BCUT2D eigenvalue weighted by Gasteiger charge is 2.28. The summed E-state index contributed by atoms with van der Waals surface area (Å²) in [6.45, 7) is 7.87. The number of fused-ring (bicyclic) bond motifs is 1. The van der Waals surface area contributed by atoms with Crippen LogP contribution in [0.25, 0.3) is 10.9 Å². The van der Waals surface area contributed by atoms with Gasteiger partial charge >= 0.3 is 0 Å². The maximum Gasteiger partial charge on any atom is 0.180 e. The molecule has 1 unspecified atom stereocenters. The largest absolute Gasteiger partial charge is 0.321 e. The van der Waals surface area contributed by atoms with Crippen LogP contribution >= 0.6 is 0 Å². The fourth-order valence-electron chi connectivity index (χ4n) is 1.95. The zero-order chi connectivity index (χ0) is 14.2. The van der Waals surface area contributed by atoms with Crippen LogP contribution in [0.2, 0.25) is 0 Å². The molecule has 1 aromatic carbocycles. The van der Waals surface area contributed by atoms with Crippen LogP contribution < -0.4 is 5.73 Å². The molecule has 1 atom stereocenters. The average molecular weight is 256 g/mol. The number of hydrogen-bond donors (Lipinski definition) is 1. The van der Waals surface area contributed by atoms with Gasteiger partial charge in [0.15, 0.2) is 5.78 Å². The van der Waals surface area contributed by atoms with E-state index in [1.54, 1.807) is 0 Å². The zero-order valence-corrected chi connectivity index (χ0v) is 11.9. The van der Waals surface area contributed by atoms with Gasteiger partial charge < -0.3 is 5.73 Å². The third-order valence-corrected chi connectivity index (χ3v) is 3.33. The summed E-state index contributed by atoms with van der Waals surface area (Å²) in [5.74, 6) is -0.0185. The van der Waals surface area contributed by atoms with Gasteiger partial charge in [0.25, 0.3) is 0 Å². The van der Waals surface area contributed by atoms with Gasteiger partial charge in [-0.15, -0.1) is 0 Å². The van der Waals surface area contributed by atoms with Crippen LogP contribution in [0, 0.1) is 12.3 Å². The van der Waals surface area contributed by atoms with Gasteiger partial charge in [-0.2, -0.15) is 0 Å². The van der Waals surface area contributed by atoms with Gasteiger partial charge in [0, 0.05) is 16.6 Å². The molecule has 0 amide bonds. The highest BCUT2D eigenvalue weighted by molar-refractivity contribution is 6.03. The number of rotatable bonds is 2. The molecular weight excluding hydrogens is 236 g/mol. The van der Waals surface area contributed by atoms with Crippen LogP contribution in [0.4, 0.5) is 0 Å². The number of carbonyl (C=O) groups excluding carboxylic acids is 1. The zero-order valence-electron chi connectivity index (χ0n) is 11.9.